The summed E-state index contributed by atoms with van der Waals surface area (Å²) in [5.74, 6) is 0.852. The van der Waals surface area contributed by atoms with Crippen molar-refractivity contribution in [1.82, 2.24) is 15.2 Å². The molecule has 0 radical (unpaired) electrons. The molecule has 1 unspecified atom stereocenters. The monoisotopic (exact) mass is 316 g/mol. The first-order valence-corrected chi connectivity index (χ1v) is 7.61. The van der Waals surface area contributed by atoms with Gasteiger partial charge in [0.05, 0.1) is 11.6 Å². The van der Waals surface area contributed by atoms with Crippen molar-refractivity contribution in [3.8, 4) is 0 Å². The summed E-state index contributed by atoms with van der Waals surface area (Å²) in [6, 6.07) is 9.66. The SMILES string of the molecule is CC(O)CN(C)C(=O)NCc1cc(N(C)C)nc2ccccc12. The minimum Gasteiger partial charge on any atom is -0.392 e. The predicted octanol–water partition coefficient (Wildman–Crippen LogP) is 1.82. The van der Waals surface area contributed by atoms with Gasteiger partial charge in [-0.05, 0) is 24.6 Å². The zero-order valence-corrected chi connectivity index (χ0v) is 14.1. The predicted molar refractivity (Wildman–Crippen MR) is 92.6 cm³/mol. The second kappa shape index (κ2) is 7.28. The lowest BCUT2D eigenvalue weighted by atomic mass is 10.1. The van der Waals surface area contributed by atoms with Crippen LogP contribution in [0.15, 0.2) is 30.3 Å². The first-order chi connectivity index (χ1) is 10.9. The molecule has 0 aliphatic heterocycles. The van der Waals surface area contributed by atoms with Crippen molar-refractivity contribution in [2.75, 3.05) is 32.6 Å². The van der Waals surface area contributed by atoms with E-state index in [1.165, 1.54) is 4.90 Å². The molecule has 1 heterocycles. The van der Waals surface area contributed by atoms with Crippen molar-refractivity contribution >= 4 is 22.8 Å². The van der Waals surface area contributed by atoms with E-state index in [2.05, 4.69) is 10.3 Å². The number of anilines is 1. The Hall–Kier alpha value is -2.34. The van der Waals surface area contributed by atoms with Crippen LogP contribution in [0.4, 0.5) is 10.6 Å². The number of hydrogen-bond acceptors (Lipinski definition) is 4. The number of aromatic nitrogens is 1. The Morgan fingerprint density at radius 1 is 1.30 bits per heavy atom. The van der Waals surface area contributed by atoms with Gasteiger partial charge < -0.3 is 20.2 Å². The highest BCUT2D eigenvalue weighted by atomic mass is 16.3. The number of fused-ring (bicyclic) bond motifs is 1. The number of carbonyl (C=O) groups excluding carboxylic acids is 1. The standard InChI is InChI=1S/C17H24N4O2/c1-12(22)11-21(4)17(23)18-10-13-9-16(20(2)3)19-15-8-6-5-7-14(13)15/h5-9,12,22H,10-11H2,1-4H3,(H,18,23). The maximum Gasteiger partial charge on any atom is 0.317 e. The highest BCUT2D eigenvalue weighted by Gasteiger charge is 2.12. The van der Waals surface area contributed by atoms with Gasteiger partial charge in [-0.15, -0.1) is 0 Å². The number of nitrogens with zero attached hydrogens (tertiary/aromatic N) is 3. The molecule has 2 amide bonds. The summed E-state index contributed by atoms with van der Waals surface area (Å²) in [7, 11) is 5.55. The molecular formula is C17H24N4O2. The topological polar surface area (TPSA) is 68.7 Å². The molecule has 0 saturated carbocycles. The van der Waals surface area contributed by atoms with Crippen molar-refractivity contribution in [3.05, 3.63) is 35.9 Å². The largest absolute Gasteiger partial charge is 0.392 e. The highest BCUT2D eigenvalue weighted by Crippen LogP contribution is 2.22. The van der Waals surface area contributed by atoms with Crippen LogP contribution in [0.3, 0.4) is 0 Å². The number of para-hydroxylation sites is 1. The van der Waals surface area contributed by atoms with Crippen molar-refractivity contribution in [2.24, 2.45) is 0 Å². The number of urea groups is 1. The second-order valence-electron chi connectivity index (χ2n) is 5.94. The summed E-state index contributed by atoms with van der Waals surface area (Å²) in [4.78, 5) is 20.1. The van der Waals surface area contributed by atoms with Gasteiger partial charge in [0, 0.05) is 39.6 Å². The van der Waals surface area contributed by atoms with E-state index in [9.17, 15) is 9.90 Å². The summed E-state index contributed by atoms with van der Waals surface area (Å²) in [5, 5.41) is 13.3. The molecule has 1 aromatic heterocycles. The lowest BCUT2D eigenvalue weighted by Gasteiger charge is -2.20. The number of aliphatic hydroxyl groups is 1. The third kappa shape index (κ3) is 4.32. The normalized spacial score (nSPS) is 12.0. The lowest BCUT2D eigenvalue weighted by molar-refractivity contribution is 0.144. The third-order valence-corrected chi connectivity index (χ3v) is 3.56. The van der Waals surface area contributed by atoms with Crippen LogP contribution in [0.2, 0.25) is 0 Å². The van der Waals surface area contributed by atoms with E-state index in [0.29, 0.717) is 13.1 Å². The summed E-state index contributed by atoms with van der Waals surface area (Å²) in [5.41, 5.74) is 1.92. The number of rotatable bonds is 5. The summed E-state index contributed by atoms with van der Waals surface area (Å²) in [6.07, 6.45) is -0.548. The van der Waals surface area contributed by atoms with Crippen molar-refractivity contribution in [2.45, 2.75) is 19.6 Å². The first-order valence-electron chi connectivity index (χ1n) is 7.61. The Morgan fingerprint density at radius 3 is 2.65 bits per heavy atom. The van der Waals surface area contributed by atoms with Crippen molar-refractivity contribution in [1.29, 1.82) is 0 Å². The van der Waals surface area contributed by atoms with Crippen molar-refractivity contribution in [3.63, 3.8) is 0 Å². The van der Waals surface area contributed by atoms with Gasteiger partial charge in [-0.3, -0.25) is 0 Å². The number of pyridine rings is 1. The minimum atomic E-state index is -0.548. The van der Waals surface area contributed by atoms with E-state index >= 15 is 0 Å². The quantitative estimate of drug-likeness (QED) is 0.883. The van der Waals surface area contributed by atoms with Crippen LogP contribution in [0.1, 0.15) is 12.5 Å². The molecule has 2 N–H and O–H groups in total. The van der Waals surface area contributed by atoms with Crippen molar-refractivity contribution < 1.29 is 9.90 Å². The summed E-state index contributed by atoms with van der Waals surface area (Å²) >= 11 is 0. The van der Waals surface area contributed by atoms with E-state index in [-0.39, 0.29) is 6.03 Å². The maximum absolute atomic E-state index is 12.1. The van der Waals surface area contributed by atoms with E-state index in [1.54, 1.807) is 14.0 Å². The lowest BCUT2D eigenvalue weighted by Crippen LogP contribution is -2.40. The zero-order chi connectivity index (χ0) is 17.0. The Balaban J connectivity index is 2.20. The van der Waals surface area contributed by atoms with Crippen LogP contribution < -0.4 is 10.2 Å². The van der Waals surface area contributed by atoms with Gasteiger partial charge in [-0.25, -0.2) is 9.78 Å². The van der Waals surface area contributed by atoms with Gasteiger partial charge in [0.15, 0.2) is 0 Å². The maximum atomic E-state index is 12.1. The smallest absolute Gasteiger partial charge is 0.317 e. The fourth-order valence-corrected chi connectivity index (χ4v) is 2.39. The molecule has 6 nitrogen and oxygen atoms in total. The van der Waals surface area contributed by atoms with Crippen LogP contribution >= 0.6 is 0 Å². The third-order valence-electron chi connectivity index (χ3n) is 3.56. The first kappa shape index (κ1) is 17.0. The molecule has 0 fully saturated rings. The summed E-state index contributed by atoms with van der Waals surface area (Å²) in [6.45, 7) is 2.36. The molecule has 0 spiro atoms. The second-order valence-corrected chi connectivity index (χ2v) is 5.94. The van der Waals surface area contributed by atoms with Gasteiger partial charge in [0.25, 0.3) is 0 Å². The molecular weight excluding hydrogens is 292 g/mol. The molecule has 0 aliphatic carbocycles. The Labute approximate surface area is 136 Å². The van der Waals surface area contributed by atoms with Gasteiger partial charge in [0.2, 0.25) is 0 Å². The number of carbonyl (C=O) groups is 1. The number of aliphatic hydroxyl groups excluding tert-OH is 1. The van der Waals surface area contributed by atoms with E-state index in [1.807, 2.05) is 49.3 Å². The van der Waals surface area contributed by atoms with Gasteiger partial charge >= 0.3 is 6.03 Å². The number of hydrogen-bond donors (Lipinski definition) is 2. The fourth-order valence-electron chi connectivity index (χ4n) is 2.39. The molecule has 0 saturated heterocycles. The number of likely N-dealkylation sites (N-methyl/N-ethyl adjacent to an activating group) is 1. The summed E-state index contributed by atoms with van der Waals surface area (Å²) < 4.78 is 0. The van der Waals surface area contributed by atoms with E-state index in [4.69, 9.17) is 0 Å². The van der Waals surface area contributed by atoms with E-state index in [0.717, 1.165) is 22.3 Å². The van der Waals surface area contributed by atoms with Gasteiger partial charge in [0.1, 0.15) is 5.82 Å². The van der Waals surface area contributed by atoms with Crippen LogP contribution in [0.5, 0.6) is 0 Å². The molecule has 1 atom stereocenters. The Morgan fingerprint density at radius 2 is 2.00 bits per heavy atom. The number of amides is 2. The number of benzene rings is 1. The zero-order valence-electron chi connectivity index (χ0n) is 14.1. The number of nitrogens with one attached hydrogen (secondary N) is 1. The van der Waals surface area contributed by atoms with Gasteiger partial charge in [-0.2, -0.15) is 0 Å². The Bertz CT molecular complexity index is 685. The van der Waals surface area contributed by atoms with Crippen LogP contribution in [0.25, 0.3) is 10.9 Å². The molecule has 2 rings (SSSR count). The Kier molecular flexibility index (Phi) is 5.39. The molecule has 1 aromatic carbocycles. The minimum absolute atomic E-state index is 0.210. The molecule has 2 aromatic rings. The average molecular weight is 316 g/mol. The average Bonchev–Trinajstić information content (AvgIpc) is 2.51. The molecule has 23 heavy (non-hydrogen) atoms. The molecule has 6 heteroatoms. The molecule has 124 valence electrons. The fraction of sp³-hybridized carbons (Fsp3) is 0.412. The van der Waals surface area contributed by atoms with Crippen LogP contribution in [-0.4, -0.2) is 54.8 Å². The molecule has 0 aliphatic rings. The van der Waals surface area contributed by atoms with E-state index < -0.39 is 6.10 Å². The van der Waals surface area contributed by atoms with Gasteiger partial charge in [-0.1, -0.05) is 18.2 Å². The van der Waals surface area contributed by atoms with Crippen LogP contribution in [0, 0.1) is 0 Å². The molecule has 0 bridgehead atoms. The highest BCUT2D eigenvalue weighted by molar-refractivity contribution is 5.84. The van der Waals surface area contributed by atoms with Crippen LogP contribution in [-0.2, 0) is 6.54 Å².